The normalized spacial score (nSPS) is 9.67. The lowest BCUT2D eigenvalue weighted by Crippen LogP contribution is -2.12. The van der Waals surface area contributed by atoms with E-state index in [1.807, 2.05) is 0 Å². The van der Waals surface area contributed by atoms with Crippen molar-refractivity contribution in [3.05, 3.63) is 35.9 Å². The minimum Gasteiger partial charge on any atom is -0.504 e. The number of aromatic hydroxyl groups is 1. The molecule has 4 heteroatoms. The van der Waals surface area contributed by atoms with Gasteiger partial charge in [0.1, 0.15) is 0 Å². The number of ether oxygens (including phenoxy) is 1. The summed E-state index contributed by atoms with van der Waals surface area (Å²) < 4.78 is 4.93. The van der Waals surface area contributed by atoms with Crippen molar-refractivity contribution >= 4 is 5.91 Å². The van der Waals surface area contributed by atoms with E-state index in [9.17, 15) is 9.90 Å². The second-order valence-corrected chi connectivity index (χ2v) is 3.05. The van der Waals surface area contributed by atoms with Crippen molar-refractivity contribution in [2.45, 2.75) is 6.42 Å². The van der Waals surface area contributed by atoms with Crippen molar-refractivity contribution in [3.8, 4) is 11.5 Å². The van der Waals surface area contributed by atoms with Gasteiger partial charge in [0.05, 0.1) is 12.7 Å². The van der Waals surface area contributed by atoms with E-state index < -0.39 is 5.91 Å². The Bertz CT molecular complexity index is 399. The number of hydrogen-bond donors (Lipinski definition) is 2. The van der Waals surface area contributed by atoms with E-state index >= 15 is 0 Å². The number of hydrogen-bond acceptors (Lipinski definition) is 3. The molecule has 0 fully saturated rings. The molecule has 1 rings (SSSR count). The van der Waals surface area contributed by atoms with Crippen LogP contribution in [0.4, 0.5) is 0 Å². The molecule has 0 aliphatic carbocycles. The summed E-state index contributed by atoms with van der Waals surface area (Å²) >= 11 is 0. The Morgan fingerprint density at radius 3 is 2.80 bits per heavy atom. The molecule has 0 spiro atoms. The molecule has 0 radical (unpaired) electrons. The van der Waals surface area contributed by atoms with E-state index in [2.05, 4.69) is 6.58 Å². The van der Waals surface area contributed by atoms with E-state index in [0.29, 0.717) is 6.42 Å². The predicted molar refractivity (Wildman–Crippen MR) is 57.1 cm³/mol. The van der Waals surface area contributed by atoms with Gasteiger partial charge in [-0.25, -0.2) is 0 Å². The predicted octanol–water partition coefficient (Wildman–Crippen LogP) is 1.23. The van der Waals surface area contributed by atoms with Gasteiger partial charge in [-0.1, -0.05) is 6.08 Å². The van der Waals surface area contributed by atoms with Crippen LogP contribution < -0.4 is 10.5 Å². The van der Waals surface area contributed by atoms with Crippen molar-refractivity contribution < 1.29 is 14.6 Å². The molecule has 0 atom stereocenters. The first kappa shape index (κ1) is 11.1. The van der Waals surface area contributed by atoms with E-state index in [1.165, 1.54) is 13.2 Å². The van der Waals surface area contributed by atoms with Crippen LogP contribution in [0.25, 0.3) is 0 Å². The minimum atomic E-state index is -0.684. The number of allylic oxidation sites excluding steroid dienone is 1. The third-order valence-electron chi connectivity index (χ3n) is 2.00. The van der Waals surface area contributed by atoms with E-state index in [4.69, 9.17) is 10.5 Å². The fraction of sp³-hybridized carbons (Fsp3) is 0.182. The fourth-order valence-corrected chi connectivity index (χ4v) is 1.29. The second-order valence-electron chi connectivity index (χ2n) is 3.05. The average molecular weight is 207 g/mol. The number of methoxy groups -OCH3 is 1. The molecule has 0 saturated carbocycles. The zero-order chi connectivity index (χ0) is 11.4. The molecule has 3 N–H and O–H groups in total. The van der Waals surface area contributed by atoms with Crippen molar-refractivity contribution in [1.82, 2.24) is 0 Å². The van der Waals surface area contributed by atoms with Crippen molar-refractivity contribution in [2.24, 2.45) is 5.73 Å². The molecule has 0 aliphatic heterocycles. The van der Waals surface area contributed by atoms with Gasteiger partial charge in [0.15, 0.2) is 11.5 Å². The third-order valence-corrected chi connectivity index (χ3v) is 2.00. The van der Waals surface area contributed by atoms with Crippen LogP contribution in [0.5, 0.6) is 11.5 Å². The summed E-state index contributed by atoms with van der Waals surface area (Å²) in [7, 11) is 1.41. The molecule has 0 saturated heterocycles. The van der Waals surface area contributed by atoms with Crippen molar-refractivity contribution in [2.75, 3.05) is 7.11 Å². The molecule has 0 bridgehead atoms. The van der Waals surface area contributed by atoms with Gasteiger partial charge in [-0.2, -0.15) is 0 Å². The smallest absolute Gasteiger partial charge is 0.252 e. The highest BCUT2D eigenvalue weighted by Crippen LogP contribution is 2.31. The summed E-state index contributed by atoms with van der Waals surface area (Å²) in [5.41, 5.74) is 6.00. The lowest BCUT2D eigenvalue weighted by Gasteiger charge is -2.09. The summed E-state index contributed by atoms with van der Waals surface area (Å²) in [4.78, 5) is 11.0. The van der Waals surface area contributed by atoms with E-state index in [-0.39, 0.29) is 17.1 Å². The molecule has 0 aromatic heterocycles. The number of benzene rings is 1. The number of carbonyl (C=O) groups is 1. The third kappa shape index (κ3) is 2.28. The number of primary amides is 1. The highest BCUT2D eigenvalue weighted by atomic mass is 16.5. The Morgan fingerprint density at radius 1 is 1.67 bits per heavy atom. The molecular weight excluding hydrogens is 194 g/mol. The van der Waals surface area contributed by atoms with Crippen LogP contribution >= 0.6 is 0 Å². The zero-order valence-electron chi connectivity index (χ0n) is 8.49. The number of nitrogens with two attached hydrogens (primary N) is 1. The van der Waals surface area contributed by atoms with Crippen LogP contribution in [0.3, 0.4) is 0 Å². The van der Waals surface area contributed by atoms with Gasteiger partial charge in [0.25, 0.3) is 5.91 Å². The number of phenols is 1. The first-order valence-electron chi connectivity index (χ1n) is 4.40. The highest BCUT2D eigenvalue weighted by molar-refractivity contribution is 5.96. The Morgan fingerprint density at radius 2 is 2.33 bits per heavy atom. The van der Waals surface area contributed by atoms with Crippen molar-refractivity contribution in [1.29, 1.82) is 0 Å². The van der Waals surface area contributed by atoms with Crippen LogP contribution in [0.1, 0.15) is 15.9 Å². The molecule has 4 nitrogen and oxygen atoms in total. The fourth-order valence-electron chi connectivity index (χ4n) is 1.29. The average Bonchev–Trinajstić information content (AvgIpc) is 2.20. The van der Waals surface area contributed by atoms with E-state index in [0.717, 1.165) is 5.56 Å². The van der Waals surface area contributed by atoms with Crippen LogP contribution in [0.15, 0.2) is 24.8 Å². The first-order chi connectivity index (χ1) is 7.10. The van der Waals surface area contributed by atoms with Crippen LogP contribution in [0, 0.1) is 0 Å². The number of carbonyl (C=O) groups excluding carboxylic acids is 1. The van der Waals surface area contributed by atoms with Crippen LogP contribution in [0.2, 0.25) is 0 Å². The highest BCUT2D eigenvalue weighted by Gasteiger charge is 2.13. The molecule has 1 aromatic rings. The molecular formula is C11H13NO3. The Balaban J connectivity index is 3.31. The molecule has 0 heterocycles. The van der Waals surface area contributed by atoms with Gasteiger partial charge in [0, 0.05) is 0 Å². The van der Waals surface area contributed by atoms with Gasteiger partial charge in [0.2, 0.25) is 0 Å². The topological polar surface area (TPSA) is 72.6 Å². The summed E-state index contributed by atoms with van der Waals surface area (Å²) in [6, 6.07) is 3.17. The monoisotopic (exact) mass is 207 g/mol. The summed E-state index contributed by atoms with van der Waals surface area (Å²) in [6.07, 6.45) is 2.27. The maximum atomic E-state index is 11.0. The lowest BCUT2D eigenvalue weighted by molar-refractivity contribution is 0.0997. The molecule has 1 aromatic carbocycles. The number of rotatable bonds is 4. The second kappa shape index (κ2) is 4.50. The van der Waals surface area contributed by atoms with Gasteiger partial charge in [-0.3, -0.25) is 4.79 Å². The summed E-state index contributed by atoms with van der Waals surface area (Å²) in [5, 5.41) is 9.60. The zero-order valence-corrected chi connectivity index (χ0v) is 8.49. The van der Waals surface area contributed by atoms with E-state index in [1.54, 1.807) is 12.1 Å². The molecule has 0 unspecified atom stereocenters. The maximum Gasteiger partial charge on any atom is 0.252 e. The number of amides is 1. The Hall–Kier alpha value is -1.97. The van der Waals surface area contributed by atoms with Crippen LogP contribution in [-0.4, -0.2) is 18.1 Å². The van der Waals surface area contributed by atoms with Crippen molar-refractivity contribution in [3.63, 3.8) is 0 Å². The van der Waals surface area contributed by atoms with Gasteiger partial charge >= 0.3 is 0 Å². The standard InChI is InChI=1S/C11H13NO3/c1-3-4-7-5-8(11(12)14)10(13)9(6-7)15-2/h3,5-6,13H,1,4H2,2H3,(H2,12,14). The van der Waals surface area contributed by atoms with Gasteiger partial charge < -0.3 is 15.6 Å². The lowest BCUT2D eigenvalue weighted by atomic mass is 10.1. The Kier molecular flexibility index (Phi) is 3.33. The van der Waals surface area contributed by atoms with Crippen LogP contribution in [-0.2, 0) is 6.42 Å². The quantitative estimate of drug-likeness (QED) is 0.729. The Labute approximate surface area is 88.0 Å². The summed E-state index contributed by atoms with van der Waals surface area (Å²) in [5.74, 6) is -0.669. The molecule has 0 aliphatic rings. The van der Waals surface area contributed by atoms with Gasteiger partial charge in [-0.05, 0) is 24.1 Å². The molecule has 1 amide bonds. The SMILES string of the molecule is C=CCc1cc(OC)c(O)c(C(N)=O)c1. The first-order valence-corrected chi connectivity index (χ1v) is 4.40. The minimum absolute atomic E-state index is 0.0613. The van der Waals surface area contributed by atoms with Gasteiger partial charge in [-0.15, -0.1) is 6.58 Å². The molecule has 15 heavy (non-hydrogen) atoms. The maximum absolute atomic E-state index is 11.0. The largest absolute Gasteiger partial charge is 0.504 e. The molecule has 80 valence electrons. The summed E-state index contributed by atoms with van der Waals surface area (Å²) in [6.45, 7) is 3.59.